The lowest BCUT2D eigenvalue weighted by atomic mass is 9.91. The summed E-state index contributed by atoms with van der Waals surface area (Å²) in [6.07, 6.45) is 0. The first-order valence-corrected chi connectivity index (χ1v) is 12.5. The molecule has 0 unspecified atom stereocenters. The highest BCUT2D eigenvalue weighted by Gasteiger charge is 2.16. The molecule has 8 rings (SSSR count). The number of hydrogen-bond acceptors (Lipinski definition) is 2. The van der Waals surface area contributed by atoms with Crippen molar-refractivity contribution in [3.05, 3.63) is 127 Å². The number of rotatable bonds is 2. The summed E-state index contributed by atoms with van der Waals surface area (Å²) in [6.45, 7) is 0. The van der Waals surface area contributed by atoms with Gasteiger partial charge >= 0.3 is 0 Å². The van der Waals surface area contributed by atoms with Gasteiger partial charge in [0.1, 0.15) is 11.5 Å². The summed E-state index contributed by atoms with van der Waals surface area (Å²) in [7, 11) is 0. The number of nitrogens with zero attached hydrogens (tertiary/aromatic N) is 3. The summed E-state index contributed by atoms with van der Waals surface area (Å²) in [5.41, 5.74) is 7.45. The van der Waals surface area contributed by atoms with Crippen molar-refractivity contribution in [3.63, 3.8) is 0 Å². The maximum Gasteiger partial charge on any atom is 0.149 e. The van der Waals surface area contributed by atoms with Crippen LogP contribution in [-0.2, 0) is 0 Å². The Morgan fingerprint density at radius 1 is 0.459 bits per heavy atom. The molecule has 0 radical (unpaired) electrons. The molecule has 0 amide bonds. The third-order valence-electron chi connectivity index (χ3n) is 7.35. The van der Waals surface area contributed by atoms with Crippen LogP contribution in [0.4, 0.5) is 0 Å². The topological polar surface area (TPSA) is 30.2 Å². The van der Waals surface area contributed by atoms with Crippen molar-refractivity contribution < 1.29 is 0 Å². The van der Waals surface area contributed by atoms with Crippen molar-refractivity contribution in [2.75, 3.05) is 0 Å². The van der Waals surface area contributed by atoms with E-state index in [-0.39, 0.29) is 0 Å². The molecular formula is C34H21N3. The van der Waals surface area contributed by atoms with Gasteiger partial charge in [0.2, 0.25) is 0 Å². The Kier molecular flexibility index (Phi) is 4.23. The van der Waals surface area contributed by atoms with Gasteiger partial charge in [-0.05, 0) is 63.0 Å². The van der Waals surface area contributed by atoms with Gasteiger partial charge in [0.05, 0.1) is 16.6 Å². The normalized spacial score (nSPS) is 11.8. The Morgan fingerprint density at radius 2 is 1.03 bits per heavy atom. The fourth-order valence-corrected chi connectivity index (χ4v) is 5.65. The molecule has 37 heavy (non-hydrogen) atoms. The zero-order valence-electron chi connectivity index (χ0n) is 20.0. The van der Waals surface area contributed by atoms with E-state index < -0.39 is 0 Å². The van der Waals surface area contributed by atoms with E-state index in [9.17, 15) is 0 Å². The molecule has 8 aromatic rings. The molecule has 6 aromatic carbocycles. The molecule has 0 saturated carbocycles. The van der Waals surface area contributed by atoms with E-state index in [4.69, 9.17) is 9.97 Å². The first kappa shape index (κ1) is 20.2. The van der Waals surface area contributed by atoms with E-state index in [1.165, 1.54) is 32.7 Å². The minimum Gasteiger partial charge on any atom is -0.276 e. The van der Waals surface area contributed by atoms with Gasteiger partial charge in [-0.25, -0.2) is 9.97 Å². The van der Waals surface area contributed by atoms with Crippen LogP contribution in [0.5, 0.6) is 0 Å². The van der Waals surface area contributed by atoms with Gasteiger partial charge < -0.3 is 0 Å². The van der Waals surface area contributed by atoms with Crippen LogP contribution in [0, 0.1) is 0 Å². The summed E-state index contributed by atoms with van der Waals surface area (Å²) in [5.74, 6) is 0.900. The van der Waals surface area contributed by atoms with Gasteiger partial charge in [-0.2, -0.15) is 0 Å². The van der Waals surface area contributed by atoms with Crippen LogP contribution in [0.25, 0.3) is 71.6 Å². The van der Waals surface area contributed by atoms with Gasteiger partial charge in [0.15, 0.2) is 0 Å². The first-order chi connectivity index (χ1) is 18.3. The molecule has 3 nitrogen and oxygen atoms in total. The van der Waals surface area contributed by atoms with Crippen LogP contribution in [-0.4, -0.2) is 14.4 Å². The Labute approximate surface area is 213 Å². The zero-order chi connectivity index (χ0) is 24.3. The van der Waals surface area contributed by atoms with Crippen molar-refractivity contribution >= 4 is 49.1 Å². The Balaban J connectivity index is 1.39. The zero-order valence-corrected chi connectivity index (χ0v) is 20.0. The number of aromatic nitrogens is 3. The quantitative estimate of drug-likeness (QED) is 0.236. The molecule has 0 spiro atoms. The number of fused-ring (bicyclic) bond motifs is 7. The second-order valence-electron chi connectivity index (χ2n) is 9.48. The summed E-state index contributed by atoms with van der Waals surface area (Å²) >= 11 is 0. The van der Waals surface area contributed by atoms with E-state index in [1.54, 1.807) is 0 Å². The second-order valence-corrected chi connectivity index (χ2v) is 9.48. The summed E-state index contributed by atoms with van der Waals surface area (Å²) in [6, 6.07) is 44.9. The molecule has 0 N–H and O–H groups in total. The average molecular weight is 472 g/mol. The predicted molar refractivity (Wildman–Crippen MR) is 154 cm³/mol. The van der Waals surface area contributed by atoms with Gasteiger partial charge in [0.25, 0.3) is 0 Å². The lowest BCUT2D eigenvalue weighted by Crippen LogP contribution is -1.98. The van der Waals surface area contributed by atoms with Crippen molar-refractivity contribution in [1.29, 1.82) is 0 Å². The molecular weight excluding hydrogens is 450 g/mol. The summed E-state index contributed by atoms with van der Waals surface area (Å²) in [4.78, 5) is 10.1. The molecule has 172 valence electrons. The van der Waals surface area contributed by atoms with E-state index in [0.29, 0.717) is 0 Å². The van der Waals surface area contributed by atoms with Gasteiger partial charge in [-0.3, -0.25) is 4.40 Å². The highest BCUT2D eigenvalue weighted by atomic mass is 15.1. The summed E-state index contributed by atoms with van der Waals surface area (Å²) < 4.78 is 2.19. The molecule has 0 bridgehead atoms. The fourth-order valence-electron chi connectivity index (χ4n) is 5.65. The van der Waals surface area contributed by atoms with Crippen LogP contribution in [0.15, 0.2) is 127 Å². The second kappa shape index (κ2) is 7.74. The first-order valence-electron chi connectivity index (χ1n) is 12.5. The molecule has 0 atom stereocenters. The molecule has 2 aromatic heterocycles. The molecule has 0 fully saturated rings. The van der Waals surface area contributed by atoms with Gasteiger partial charge in [-0.1, -0.05) is 97.1 Å². The highest BCUT2D eigenvalue weighted by molar-refractivity contribution is 6.12. The predicted octanol–water partition coefficient (Wildman–Crippen LogP) is 8.68. The minimum absolute atomic E-state index is 0.900. The average Bonchev–Trinajstić information content (AvgIpc) is 3.36. The van der Waals surface area contributed by atoms with E-state index in [1.807, 2.05) is 18.2 Å². The van der Waals surface area contributed by atoms with Crippen LogP contribution < -0.4 is 0 Å². The SMILES string of the molecule is c1ccc2c(-c3ccc(-c4nc5ccccc5c5nc6ccccc6n45)cc3)c3ccccc3cc2c1. The van der Waals surface area contributed by atoms with Crippen LogP contribution in [0.3, 0.4) is 0 Å². The highest BCUT2D eigenvalue weighted by Crippen LogP contribution is 2.37. The molecule has 3 heteroatoms. The van der Waals surface area contributed by atoms with Crippen molar-refractivity contribution in [1.82, 2.24) is 14.4 Å². The number of imidazole rings is 1. The van der Waals surface area contributed by atoms with Gasteiger partial charge in [0, 0.05) is 10.9 Å². The van der Waals surface area contributed by atoms with E-state index in [2.05, 4.69) is 114 Å². The monoisotopic (exact) mass is 471 g/mol. The Morgan fingerprint density at radius 3 is 1.76 bits per heavy atom. The Bertz CT molecular complexity index is 2080. The smallest absolute Gasteiger partial charge is 0.149 e. The molecule has 0 aliphatic heterocycles. The van der Waals surface area contributed by atoms with Crippen molar-refractivity contribution in [2.45, 2.75) is 0 Å². The number of para-hydroxylation sites is 3. The fraction of sp³-hybridized carbons (Fsp3) is 0. The maximum absolute atomic E-state index is 5.12. The molecule has 0 aliphatic carbocycles. The van der Waals surface area contributed by atoms with Gasteiger partial charge in [-0.15, -0.1) is 0 Å². The molecule has 2 heterocycles. The molecule has 0 saturated heterocycles. The minimum atomic E-state index is 0.900. The van der Waals surface area contributed by atoms with Crippen molar-refractivity contribution in [2.24, 2.45) is 0 Å². The van der Waals surface area contributed by atoms with E-state index >= 15 is 0 Å². The van der Waals surface area contributed by atoms with E-state index in [0.717, 1.165) is 39.0 Å². The third-order valence-corrected chi connectivity index (χ3v) is 7.35. The van der Waals surface area contributed by atoms with Crippen LogP contribution >= 0.6 is 0 Å². The van der Waals surface area contributed by atoms with Crippen LogP contribution in [0.2, 0.25) is 0 Å². The third kappa shape index (κ3) is 3.01. The van der Waals surface area contributed by atoms with Crippen LogP contribution in [0.1, 0.15) is 0 Å². The number of hydrogen-bond donors (Lipinski definition) is 0. The number of benzene rings is 6. The largest absolute Gasteiger partial charge is 0.276 e. The Hall–Kier alpha value is -5.02. The lowest BCUT2D eigenvalue weighted by molar-refractivity contribution is 1.16. The standard InChI is InChI=1S/C34H21N3/c1-3-11-26-24(9-1)21-25-10-2-4-12-27(25)32(26)22-17-19-23(20-18-22)33-35-29-14-6-5-13-28(29)34-36-30-15-7-8-16-31(30)37(33)34/h1-21H. The van der Waals surface area contributed by atoms with Crippen molar-refractivity contribution in [3.8, 4) is 22.5 Å². The summed E-state index contributed by atoms with van der Waals surface area (Å²) in [5, 5.41) is 6.09. The maximum atomic E-state index is 5.12. The lowest BCUT2D eigenvalue weighted by Gasteiger charge is -2.13. The molecule has 0 aliphatic rings.